The van der Waals surface area contributed by atoms with E-state index in [2.05, 4.69) is 19.9 Å². The minimum atomic E-state index is 0.775. The lowest BCUT2D eigenvalue weighted by Crippen LogP contribution is -1.98. The molecule has 0 aliphatic carbocycles. The molecular formula is C20H24O2. The second-order valence-corrected chi connectivity index (χ2v) is 6.32. The zero-order chi connectivity index (χ0) is 15.4. The molecule has 0 bridgehead atoms. The van der Waals surface area contributed by atoms with Crippen molar-refractivity contribution in [3.8, 4) is 5.75 Å². The van der Waals surface area contributed by atoms with Gasteiger partial charge < -0.3 is 9.15 Å². The van der Waals surface area contributed by atoms with Crippen molar-refractivity contribution in [2.75, 3.05) is 6.61 Å². The number of furan rings is 1. The van der Waals surface area contributed by atoms with E-state index in [-0.39, 0.29) is 0 Å². The van der Waals surface area contributed by atoms with Gasteiger partial charge in [-0.2, -0.15) is 0 Å². The molecule has 0 saturated heterocycles. The normalized spacial score (nSPS) is 11.6. The van der Waals surface area contributed by atoms with Gasteiger partial charge in [-0.15, -0.1) is 0 Å². The minimum Gasteiger partial charge on any atom is -0.493 e. The summed E-state index contributed by atoms with van der Waals surface area (Å²) in [5.74, 6) is 1.73. The summed E-state index contributed by atoms with van der Waals surface area (Å²) in [5, 5.41) is 2.23. The Bertz CT molecular complexity index is 740. The number of para-hydroxylation sites is 1. The van der Waals surface area contributed by atoms with E-state index >= 15 is 0 Å². The maximum Gasteiger partial charge on any atom is 0.139 e. The van der Waals surface area contributed by atoms with Gasteiger partial charge in [-0.25, -0.2) is 0 Å². The van der Waals surface area contributed by atoms with Gasteiger partial charge in [0.2, 0.25) is 0 Å². The summed E-state index contributed by atoms with van der Waals surface area (Å²) in [7, 11) is 0. The summed E-state index contributed by atoms with van der Waals surface area (Å²) >= 11 is 0. The Morgan fingerprint density at radius 3 is 2.59 bits per heavy atom. The van der Waals surface area contributed by atoms with E-state index in [1.807, 2.05) is 36.4 Å². The fourth-order valence-corrected chi connectivity index (χ4v) is 2.88. The van der Waals surface area contributed by atoms with Crippen molar-refractivity contribution in [1.29, 1.82) is 0 Å². The highest BCUT2D eigenvalue weighted by Crippen LogP contribution is 2.35. The van der Waals surface area contributed by atoms with Crippen LogP contribution in [0, 0.1) is 5.92 Å². The Morgan fingerprint density at radius 1 is 0.909 bits per heavy atom. The molecule has 1 heterocycles. The number of rotatable bonds is 7. The Balaban J connectivity index is 1.69. The summed E-state index contributed by atoms with van der Waals surface area (Å²) in [6, 6.07) is 14.2. The number of ether oxygens (including phenoxy) is 1. The molecule has 22 heavy (non-hydrogen) atoms. The van der Waals surface area contributed by atoms with Crippen molar-refractivity contribution >= 4 is 21.9 Å². The molecule has 3 aromatic rings. The molecule has 1 aromatic heterocycles. The first-order valence-corrected chi connectivity index (χ1v) is 8.29. The monoisotopic (exact) mass is 296 g/mol. The topological polar surface area (TPSA) is 22.4 Å². The Morgan fingerprint density at radius 2 is 1.73 bits per heavy atom. The molecule has 0 saturated carbocycles. The van der Waals surface area contributed by atoms with Crippen molar-refractivity contribution in [2.24, 2.45) is 5.92 Å². The lowest BCUT2D eigenvalue weighted by atomic mass is 10.1. The molecule has 0 atom stereocenters. The maximum atomic E-state index is 6.03. The zero-order valence-corrected chi connectivity index (χ0v) is 13.5. The smallest absolute Gasteiger partial charge is 0.139 e. The molecule has 0 unspecified atom stereocenters. The number of benzene rings is 2. The van der Waals surface area contributed by atoms with E-state index in [1.54, 1.807) is 0 Å². The second kappa shape index (κ2) is 6.87. The second-order valence-electron chi connectivity index (χ2n) is 6.32. The van der Waals surface area contributed by atoms with Gasteiger partial charge in [0.25, 0.3) is 0 Å². The van der Waals surface area contributed by atoms with Crippen LogP contribution in [-0.2, 0) is 0 Å². The van der Waals surface area contributed by atoms with E-state index in [1.165, 1.54) is 19.3 Å². The molecule has 2 aromatic carbocycles. The Kier molecular flexibility index (Phi) is 4.67. The molecular weight excluding hydrogens is 272 g/mol. The third kappa shape index (κ3) is 3.27. The molecule has 2 nitrogen and oxygen atoms in total. The highest BCUT2D eigenvalue weighted by molar-refractivity contribution is 6.08. The lowest BCUT2D eigenvalue weighted by molar-refractivity contribution is 0.306. The lowest BCUT2D eigenvalue weighted by Gasteiger charge is -2.08. The van der Waals surface area contributed by atoms with Crippen molar-refractivity contribution < 1.29 is 9.15 Å². The zero-order valence-electron chi connectivity index (χ0n) is 13.5. The van der Waals surface area contributed by atoms with Crippen LogP contribution in [0.15, 0.2) is 46.9 Å². The van der Waals surface area contributed by atoms with Gasteiger partial charge >= 0.3 is 0 Å². The number of unbranched alkanes of at least 4 members (excludes halogenated alkanes) is 2. The molecule has 0 amide bonds. The van der Waals surface area contributed by atoms with Gasteiger partial charge in [0.15, 0.2) is 0 Å². The van der Waals surface area contributed by atoms with Crippen LogP contribution in [0.2, 0.25) is 0 Å². The van der Waals surface area contributed by atoms with Gasteiger partial charge in [0, 0.05) is 5.39 Å². The van der Waals surface area contributed by atoms with E-state index in [0.717, 1.165) is 46.6 Å². The first kappa shape index (κ1) is 15.0. The molecule has 116 valence electrons. The van der Waals surface area contributed by atoms with Crippen LogP contribution in [0.3, 0.4) is 0 Å². The minimum absolute atomic E-state index is 0.775. The third-order valence-corrected chi connectivity index (χ3v) is 4.05. The highest BCUT2D eigenvalue weighted by atomic mass is 16.5. The van der Waals surface area contributed by atoms with Crippen LogP contribution >= 0.6 is 0 Å². The van der Waals surface area contributed by atoms with E-state index in [4.69, 9.17) is 9.15 Å². The Hall–Kier alpha value is -1.96. The largest absolute Gasteiger partial charge is 0.493 e. The van der Waals surface area contributed by atoms with Crippen LogP contribution in [0.4, 0.5) is 0 Å². The number of fused-ring (bicyclic) bond motifs is 3. The van der Waals surface area contributed by atoms with E-state index < -0.39 is 0 Å². The average molecular weight is 296 g/mol. The average Bonchev–Trinajstić information content (AvgIpc) is 2.89. The molecule has 0 N–H and O–H groups in total. The standard InChI is InChI=1S/C20H24O2/c1-15(2)9-4-3-7-14-21-18-12-8-13-19-20(18)16-10-5-6-11-17(16)22-19/h5-6,8,10-13,15H,3-4,7,9,14H2,1-2H3. The van der Waals surface area contributed by atoms with Crippen LogP contribution in [0.5, 0.6) is 5.75 Å². The molecule has 0 aliphatic rings. The molecule has 0 fully saturated rings. The summed E-state index contributed by atoms with van der Waals surface area (Å²) in [4.78, 5) is 0. The summed E-state index contributed by atoms with van der Waals surface area (Å²) in [6.07, 6.45) is 4.95. The van der Waals surface area contributed by atoms with Gasteiger partial charge in [-0.05, 0) is 30.5 Å². The fraction of sp³-hybridized carbons (Fsp3) is 0.400. The predicted octanol–water partition coefficient (Wildman–Crippen LogP) is 6.18. The summed E-state index contributed by atoms with van der Waals surface area (Å²) < 4.78 is 11.9. The molecule has 0 aliphatic heterocycles. The molecule has 3 rings (SSSR count). The van der Waals surface area contributed by atoms with Gasteiger partial charge in [0.05, 0.1) is 12.0 Å². The quantitative estimate of drug-likeness (QED) is 0.486. The SMILES string of the molecule is CC(C)CCCCCOc1cccc2oc3ccccc3c12. The molecule has 0 radical (unpaired) electrons. The number of hydrogen-bond donors (Lipinski definition) is 0. The maximum absolute atomic E-state index is 6.03. The molecule has 0 spiro atoms. The van der Waals surface area contributed by atoms with Gasteiger partial charge in [0.1, 0.15) is 16.9 Å². The van der Waals surface area contributed by atoms with Crippen LogP contribution < -0.4 is 4.74 Å². The first-order valence-electron chi connectivity index (χ1n) is 8.29. The summed E-state index contributed by atoms with van der Waals surface area (Å²) in [6.45, 7) is 5.33. The number of hydrogen-bond acceptors (Lipinski definition) is 2. The first-order chi connectivity index (χ1) is 10.8. The third-order valence-electron chi connectivity index (χ3n) is 4.05. The van der Waals surface area contributed by atoms with E-state index in [0.29, 0.717) is 0 Å². The van der Waals surface area contributed by atoms with Gasteiger partial charge in [-0.3, -0.25) is 0 Å². The van der Waals surface area contributed by atoms with E-state index in [9.17, 15) is 0 Å². The van der Waals surface area contributed by atoms with Crippen molar-refractivity contribution in [3.63, 3.8) is 0 Å². The van der Waals surface area contributed by atoms with Crippen molar-refractivity contribution in [2.45, 2.75) is 39.5 Å². The van der Waals surface area contributed by atoms with Crippen molar-refractivity contribution in [3.05, 3.63) is 42.5 Å². The fourth-order valence-electron chi connectivity index (χ4n) is 2.88. The van der Waals surface area contributed by atoms with Crippen LogP contribution in [-0.4, -0.2) is 6.61 Å². The van der Waals surface area contributed by atoms with Crippen molar-refractivity contribution in [1.82, 2.24) is 0 Å². The van der Waals surface area contributed by atoms with Gasteiger partial charge in [-0.1, -0.05) is 57.4 Å². The summed E-state index contributed by atoms with van der Waals surface area (Å²) in [5.41, 5.74) is 1.82. The van der Waals surface area contributed by atoms with Crippen LogP contribution in [0.1, 0.15) is 39.5 Å². The Labute approximate surface area is 132 Å². The predicted molar refractivity (Wildman–Crippen MR) is 92.5 cm³/mol. The highest BCUT2D eigenvalue weighted by Gasteiger charge is 2.11. The molecule has 2 heteroatoms. The van der Waals surface area contributed by atoms with Crippen LogP contribution in [0.25, 0.3) is 21.9 Å².